The molecular weight excluding hydrogens is 316 g/mol. The minimum absolute atomic E-state index is 0.333. The zero-order valence-electron chi connectivity index (χ0n) is 14.8. The molecule has 0 saturated carbocycles. The van der Waals surface area contributed by atoms with Gasteiger partial charge in [-0.05, 0) is 52.2 Å². The molecule has 0 aliphatic heterocycles. The highest BCUT2D eigenvalue weighted by Crippen LogP contribution is 2.39. The summed E-state index contributed by atoms with van der Waals surface area (Å²) in [5.74, 6) is 1.13. The van der Waals surface area contributed by atoms with Crippen LogP contribution < -0.4 is 10.4 Å². The monoisotopic (exact) mass is 338 g/mol. The summed E-state index contributed by atoms with van der Waals surface area (Å²) in [6.07, 6.45) is 7.16. The zero-order chi connectivity index (χ0) is 17.6. The van der Waals surface area contributed by atoms with E-state index in [2.05, 4.69) is 26.8 Å². The second-order valence-electron chi connectivity index (χ2n) is 7.43. The van der Waals surface area contributed by atoms with Crippen molar-refractivity contribution in [1.82, 2.24) is 0 Å². The first-order valence-corrected chi connectivity index (χ1v) is 8.73. The van der Waals surface area contributed by atoms with Crippen molar-refractivity contribution in [3.63, 3.8) is 0 Å². The van der Waals surface area contributed by atoms with E-state index < -0.39 is 0 Å². The molecule has 1 aromatic carbocycles. The minimum Gasteiger partial charge on any atom is -0.487 e. The molecule has 0 bridgehead atoms. The number of benzene rings is 1. The summed E-state index contributed by atoms with van der Waals surface area (Å²) in [5.41, 5.74) is 1.92. The molecule has 4 nitrogen and oxygen atoms in total. The molecule has 4 heteroatoms. The first-order valence-electron chi connectivity index (χ1n) is 8.73. The molecule has 2 heterocycles. The van der Waals surface area contributed by atoms with Gasteiger partial charge < -0.3 is 13.6 Å². The van der Waals surface area contributed by atoms with Gasteiger partial charge in [-0.25, -0.2) is 4.79 Å². The van der Waals surface area contributed by atoms with Gasteiger partial charge in [0.1, 0.15) is 16.9 Å². The third-order valence-electron chi connectivity index (χ3n) is 5.29. The van der Waals surface area contributed by atoms with Gasteiger partial charge in [-0.3, -0.25) is 0 Å². The molecule has 0 amide bonds. The molecule has 2 aromatic heterocycles. The van der Waals surface area contributed by atoms with Gasteiger partial charge in [-0.1, -0.05) is 11.6 Å². The van der Waals surface area contributed by atoms with Crippen LogP contribution in [0.3, 0.4) is 0 Å². The summed E-state index contributed by atoms with van der Waals surface area (Å²) in [5, 5.41) is 1.58. The lowest BCUT2D eigenvalue weighted by atomic mass is 9.79. The Morgan fingerprint density at radius 3 is 2.80 bits per heavy atom. The van der Waals surface area contributed by atoms with Crippen molar-refractivity contribution in [2.24, 2.45) is 5.92 Å². The summed E-state index contributed by atoms with van der Waals surface area (Å²) in [4.78, 5) is 11.7. The van der Waals surface area contributed by atoms with E-state index in [1.165, 1.54) is 11.6 Å². The smallest absolute Gasteiger partial charge is 0.336 e. The van der Waals surface area contributed by atoms with Gasteiger partial charge in [0.2, 0.25) is 0 Å². The lowest BCUT2D eigenvalue weighted by Gasteiger charge is -2.36. The van der Waals surface area contributed by atoms with E-state index >= 15 is 0 Å². The van der Waals surface area contributed by atoms with Gasteiger partial charge in [0.25, 0.3) is 0 Å². The average molecular weight is 338 g/mol. The van der Waals surface area contributed by atoms with Crippen LogP contribution in [0.5, 0.6) is 5.75 Å². The highest BCUT2D eigenvalue weighted by atomic mass is 16.5. The molecule has 0 fully saturated rings. The fourth-order valence-corrected chi connectivity index (χ4v) is 3.68. The molecule has 0 saturated heterocycles. The first kappa shape index (κ1) is 16.0. The van der Waals surface area contributed by atoms with Gasteiger partial charge in [-0.2, -0.15) is 0 Å². The van der Waals surface area contributed by atoms with Gasteiger partial charge in [0.05, 0.1) is 17.0 Å². The highest BCUT2D eigenvalue weighted by Gasteiger charge is 2.33. The van der Waals surface area contributed by atoms with Crippen LogP contribution >= 0.6 is 0 Å². The van der Waals surface area contributed by atoms with Crippen LogP contribution in [0.4, 0.5) is 0 Å². The number of hydrogen-bond donors (Lipinski definition) is 0. The fourth-order valence-electron chi connectivity index (χ4n) is 3.68. The van der Waals surface area contributed by atoms with Gasteiger partial charge in [0.15, 0.2) is 5.58 Å². The molecule has 0 spiro atoms. The SMILES string of the molecule is CC1=CCC(C(C)(C)Oc2cc3occc3c3oc(=O)ccc23)CC1. The molecule has 3 aromatic rings. The third kappa shape index (κ3) is 2.86. The van der Waals surface area contributed by atoms with Crippen LogP contribution in [0.25, 0.3) is 21.9 Å². The van der Waals surface area contributed by atoms with Gasteiger partial charge in [-0.15, -0.1) is 0 Å². The molecule has 1 aliphatic carbocycles. The summed E-state index contributed by atoms with van der Waals surface area (Å²) < 4.78 is 17.4. The second-order valence-corrected chi connectivity index (χ2v) is 7.43. The van der Waals surface area contributed by atoms with Gasteiger partial charge >= 0.3 is 5.63 Å². The predicted octanol–water partition coefficient (Wildman–Crippen LogP) is 5.44. The minimum atomic E-state index is -0.376. The van der Waals surface area contributed by atoms with Crippen LogP contribution in [0.2, 0.25) is 0 Å². The van der Waals surface area contributed by atoms with Crippen molar-refractivity contribution in [3.05, 3.63) is 52.6 Å². The summed E-state index contributed by atoms with van der Waals surface area (Å²) >= 11 is 0. The highest BCUT2D eigenvalue weighted by molar-refractivity contribution is 6.05. The summed E-state index contributed by atoms with van der Waals surface area (Å²) in [6, 6.07) is 6.90. The van der Waals surface area contributed by atoms with E-state index in [-0.39, 0.29) is 11.2 Å². The Kier molecular flexibility index (Phi) is 3.71. The number of hydrogen-bond acceptors (Lipinski definition) is 4. The molecule has 1 unspecified atom stereocenters. The van der Waals surface area contributed by atoms with E-state index in [1.807, 2.05) is 12.1 Å². The summed E-state index contributed by atoms with van der Waals surface area (Å²) in [6.45, 7) is 6.44. The third-order valence-corrected chi connectivity index (χ3v) is 5.29. The molecule has 130 valence electrons. The molecule has 1 atom stereocenters. The van der Waals surface area contributed by atoms with E-state index in [9.17, 15) is 4.79 Å². The molecule has 0 radical (unpaired) electrons. The van der Waals surface area contributed by atoms with Crippen molar-refractivity contribution in [2.45, 2.75) is 45.6 Å². The number of ether oxygens (including phenoxy) is 1. The molecule has 0 N–H and O–H groups in total. The molecule has 1 aliphatic rings. The molecular formula is C21H22O4. The second kappa shape index (κ2) is 5.80. The molecule has 4 rings (SSSR count). The fraction of sp³-hybridized carbons (Fsp3) is 0.381. The van der Waals surface area contributed by atoms with E-state index in [1.54, 1.807) is 12.3 Å². The van der Waals surface area contributed by atoms with E-state index in [0.29, 0.717) is 22.8 Å². The molecule has 25 heavy (non-hydrogen) atoms. The van der Waals surface area contributed by atoms with Crippen LogP contribution in [-0.4, -0.2) is 5.60 Å². The lowest BCUT2D eigenvalue weighted by molar-refractivity contribution is 0.0399. The van der Waals surface area contributed by atoms with Crippen LogP contribution in [-0.2, 0) is 0 Å². The lowest BCUT2D eigenvalue weighted by Crippen LogP contribution is -2.38. The quantitative estimate of drug-likeness (QED) is 0.471. The van der Waals surface area contributed by atoms with Crippen molar-refractivity contribution >= 4 is 21.9 Å². The standard InChI is InChI=1S/C21H22O4/c1-13-4-6-14(7-5-13)21(2,3)25-18-12-17-16(10-11-23-17)20-15(18)8-9-19(22)24-20/h4,8-12,14H,5-7H2,1-3H3. The first-order chi connectivity index (χ1) is 11.9. The average Bonchev–Trinajstić information content (AvgIpc) is 3.03. The Morgan fingerprint density at radius 1 is 1.20 bits per heavy atom. The van der Waals surface area contributed by atoms with Gasteiger partial charge in [0, 0.05) is 18.1 Å². The predicted molar refractivity (Wildman–Crippen MR) is 98.1 cm³/mol. The Balaban J connectivity index is 1.79. The Bertz CT molecular complexity index is 1020. The van der Waals surface area contributed by atoms with E-state index in [4.69, 9.17) is 13.6 Å². The Hall–Kier alpha value is -2.49. The van der Waals surface area contributed by atoms with Crippen LogP contribution in [0.15, 0.2) is 55.8 Å². The Labute approximate surface area is 146 Å². The topological polar surface area (TPSA) is 52.6 Å². The maximum Gasteiger partial charge on any atom is 0.336 e. The maximum absolute atomic E-state index is 11.7. The number of fused-ring (bicyclic) bond motifs is 3. The van der Waals surface area contributed by atoms with Crippen molar-refractivity contribution in [1.29, 1.82) is 0 Å². The summed E-state index contributed by atoms with van der Waals surface area (Å²) in [7, 11) is 0. The van der Waals surface area contributed by atoms with Crippen molar-refractivity contribution in [3.8, 4) is 5.75 Å². The van der Waals surface area contributed by atoms with E-state index in [0.717, 1.165) is 30.0 Å². The maximum atomic E-state index is 11.7. The number of rotatable bonds is 3. The van der Waals surface area contributed by atoms with Crippen LogP contribution in [0.1, 0.15) is 40.0 Å². The van der Waals surface area contributed by atoms with Crippen LogP contribution in [0, 0.1) is 5.92 Å². The van der Waals surface area contributed by atoms with Crippen molar-refractivity contribution < 1.29 is 13.6 Å². The normalized spacial score (nSPS) is 18.5. The number of allylic oxidation sites excluding steroid dienone is 2. The Morgan fingerprint density at radius 2 is 2.04 bits per heavy atom. The number of furan rings is 1. The zero-order valence-corrected chi connectivity index (χ0v) is 14.8. The largest absolute Gasteiger partial charge is 0.487 e. The van der Waals surface area contributed by atoms with Crippen molar-refractivity contribution in [2.75, 3.05) is 0 Å².